The van der Waals surface area contributed by atoms with Crippen molar-refractivity contribution in [3.8, 4) is 0 Å². The van der Waals surface area contributed by atoms with E-state index in [1.165, 1.54) is 6.08 Å². The smallest absolute Gasteiger partial charge is 0.312 e. The summed E-state index contributed by atoms with van der Waals surface area (Å²) >= 11 is 0. The molecule has 0 saturated carbocycles. The summed E-state index contributed by atoms with van der Waals surface area (Å²) in [4.78, 5) is 34.3. The van der Waals surface area contributed by atoms with Crippen molar-refractivity contribution < 1.29 is 28.6 Å². The van der Waals surface area contributed by atoms with Gasteiger partial charge in [0.25, 0.3) is 0 Å². The van der Waals surface area contributed by atoms with Gasteiger partial charge in [-0.15, -0.1) is 0 Å². The number of fused-ring (bicyclic) bond motifs is 1. The SMILES string of the molecule is C=CC(=O)CCCC(=O)OC1C2CC3C(=O)OC1C3O2. The van der Waals surface area contributed by atoms with E-state index >= 15 is 0 Å². The molecule has 0 aromatic carbocycles. The highest BCUT2D eigenvalue weighted by Crippen LogP contribution is 2.47. The van der Waals surface area contributed by atoms with Crippen molar-refractivity contribution >= 4 is 17.7 Å². The van der Waals surface area contributed by atoms with Gasteiger partial charge in [-0.2, -0.15) is 0 Å². The molecule has 0 N–H and O–H groups in total. The molecule has 0 spiro atoms. The van der Waals surface area contributed by atoms with E-state index in [0.29, 0.717) is 12.8 Å². The highest BCUT2D eigenvalue weighted by Gasteiger charge is 2.65. The minimum Gasteiger partial charge on any atom is -0.455 e. The van der Waals surface area contributed by atoms with Gasteiger partial charge in [0.15, 0.2) is 18.0 Å². The highest BCUT2D eigenvalue weighted by molar-refractivity contribution is 5.89. The molecule has 20 heavy (non-hydrogen) atoms. The minimum absolute atomic E-state index is 0.0892. The van der Waals surface area contributed by atoms with Crippen molar-refractivity contribution in [1.82, 2.24) is 0 Å². The normalized spacial score (nSPS) is 36.8. The molecule has 3 heterocycles. The maximum Gasteiger partial charge on any atom is 0.312 e. The number of esters is 2. The van der Waals surface area contributed by atoms with Crippen LogP contribution in [0.25, 0.3) is 0 Å². The molecular weight excluding hydrogens is 264 g/mol. The molecule has 3 aliphatic rings. The van der Waals surface area contributed by atoms with Crippen LogP contribution in [0.1, 0.15) is 25.7 Å². The molecule has 3 fully saturated rings. The van der Waals surface area contributed by atoms with E-state index in [0.717, 1.165) is 0 Å². The van der Waals surface area contributed by atoms with E-state index in [9.17, 15) is 14.4 Å². The molecule has 3 rings (SSSR count). The van der Waals surface area contributed by atoms with Crippen LogP contribution >= 0.6 is 0 Å². The Morgan fingerprint density at radius 2 is 2.15 bits per heavy atom. The van der Waals surface area contributed by atoms with Gasteiger partial charge in [0, 0.05) is 12.8 Å². The lowest BCUT2D eigenvalue weighted by atomic mass is 9.88. The molecule has 0 radical (unpaired) electrons. The van der Waals surface area contributed by atoms with Crippen molar-refractivity contribution in [2.45, 2.75) is 50.1 Å². The van der Waals surface area contributed by atoms with Crippen molar-refractivity contribution in [1.29, 1.82) is 0 Å². The zero-order chi connectivity index (χ0) is 14.3. The molecule has 0 amide bonds. The van der Waals surface area contributed by atoms with Gasteiger partial charge in [0.1, 0.15) is 6.10 Å². The number of ketones is 1. The van der Waals surface area contributed by atoms with Crippen LogP contribution in [0.3, 0.4) is 0 Å². The van der Waals surface area contributed by atoms with Crippen molar-refractivity contribution in [2.24, 2.45) is 5.92 Å². The first-order valence-electron chi connectivity index (χ1n) is 6.81. The van der Waals surface area contributed by atoms with Gasteiger partial charge >= 0.3 is 11.9 Å². The predicted molar refractivity (Wildman–Crippen MR) is 65.6 cm³/mol. The summed E-state index contributed by atoms with van der Waals surface area (Å²) < 4.78 is 16.2. The van der Waals surface area contributed by atoms with Gasteiger partial charge in [-0.25, -0.2) is 0 Å². The summed E-state index contributed by atoms with van der Waals surface area (Å²) in [7, 11) is 0. The van der Waals surface area contributed by atoms with E-state index in [1.54, 1.807) is 0 Å². The van der Waals surface area contributed by atoms with Crippen molar-refractivity contribution in [3.63, 3.8) is 0 Å². The van der Waals surface area contributed by atoms with E-state index in [-0.39, 0.29) is 48.7 Å². The second-order valence-electron chi connectivity index (χ2n) is 5.36. The van der Waals surface area contributed by atoms with Gasteiger partial charge in [-0.05, 0) is 18.9 Å². The van der Waals surface area contributed by atoms with Crippen LogP contribution in [-0.4, -0.2) is 42.1 Å². The number of allylic oxidation sites excluding steroid dienone is 1. The summed E-state index contributed by atoms with van der Waals surface area (Å²) in [5, 5.41) is 0. The van der Waals surface area contributed by atoms with Crippen LogP contribution in [-0.2, 0) is 28.6 Å². The molecule has 6 heteroatoms. The summed E-state index contributed by atoms with van der Waals surface area (Å²) in [6, 6.07) is 0. The first-order chi connectivity index (χ1) is 9.60. The first kappa shape index (κ1) is 13.3. The Morgan fingerprint density at radius 1 is 1.35 bits per heavy atom. The topological polar surface area (TPSA) is 78.9 Å². The summed E-state index contributed by atoms with van der Waals surface area (Å²) in [6.45, 7) is 3.37. The Balaban J connectivity index is 1.49. The van der Waals surface area contributed by atoms with E-state index in [4.69, 9.17) is 14.2 Å². The summed E-state index contributed by atoms with van der Waals surface area (Å²) in [6.07, 6.45) is 1.24. The monoisotopic (exact) mass is 280 g/mol. The van der Waals surface area contributed by atoms with E-state index in [2.05, 4.69) is 6.58 Å². The van der Waals surface area contributed by atoms with Crippen LogP contribution in [0.5, 0.6) is 0 Å². The second-order valence-corrected chi connectivity index (χ2v) is 5.36. The average molecular weight is 280 g/mol. The van der Waals surface area contributed by atoms with Gasteiger partial charge in [-0.1, -0.05) is 6.58 Å². The second kappa shape index (κ2) is 5.01. The third kappa shape index (κ3) is 2.14. The number of ether oxygens (including phenoxy) is 3. The first-order valence-corrected chi connectivity index (χ1v) is 6.81. The lowest BCUT2D eigenvalue weighted by Gasteiger charge is -2.22. The molecule has 3 aliphatic heterocycles. The van der Waals surface area contributed by atoms with Gasteiger partial charge in [0.2, 0.25) is 0 Å². The Bertz CT molecular complexity index is 470. The maximum atomic E-state index is 11.7. The summed E-state index contributed by atoms with van der Waals surface area (Å²) in [5.41, 5.74) is 0. The van der Waals surface area contributed by atoms with E-state index < -0.39 is 12.2 Å². The van der Waals surface area contributed by atoms with Crippen LogP contribution in [0, 0.1) is 5.92 Å². The summed E-state index contributed by atoms with van der Waals surface area (Å²) in [5.74, 6) is -0.918. The Morgan fingerprint density at radius 3 is 2.90 bits per heavy atom. The minimum atomic E-state index is -0.495. The quantitative estimate of drug-likeness (QED) is 0.522. The highest BCUT2D eigenvalue weighted by atomic mass is 16.7. The average Bonchev–Trinajstić information content (AvgIpc) is 3.03. The molecule has 0 aromatic heterocycles. The van der Waals surface area contributed by atoms with E-state index in [1.807, 2.05) is 0 Å². The van der Waals surface area contributed by atoms with Gasteiger partial charge in [-0.3, -0.25) is 14.4 Å². The van der Waals surface area contributed by atoms with Crippen LogP contribution < -0.4 is 0 Å². The fourth-order valence-electron chi connectivity index (χ4n) is 3.10. The van der Waals surface area contributed by atoms with Crippen LogP contribution in [0.4, 0.5) is 0 Å². The lowest BCUT2D eigenvalue weighted by Crippen LogP contribution is -2.40. The van der Waals surface area contributed by atoms with Gasteiger partial charge < -0.3 is 14.2 Å². The van der Waals surface area contributed by atoms with Crippen molar-refractivity contribution in [3.05, 3.63) is 12.7 Å². The largest absolute Gasteiger partial charge is 0.455 e. The van der Waals surface area contributed by atoms with Crippen molar-refractivity contribution in [2.75, 3.05) is 0 Å². The molecule has 5 unspecified atom stereocenters. The number of hydrogen-bond acceptors (Lipinski definition) is 6. The third-order valence-electron chi connectivity index (χ3n) is 4.08. The van der Waals surface area contributed by atoms with Crippen LogP contribution in [0.2, 0.25) is 0 Å². The Kier molecular flexibility index (Phi) is 3.33. The zero-order valence-corrected chi connectivity index (χ0v) is 10.9. The number of rotatable bonds is 6. The third-order valence-corrected chi connectivity index (χ3v) is 4.08. The Hall–Kier alpha value is -1.69. The standard InChI is InChI=1S/C14H16O6/c1-2-7(15)4-3-5-10(16)19-12-9-6-8-11(18-9)13(12)20-14(8)17/h2,8-9,11-13H,1,3-6H2. The number of carbonyl (C=O) groups is 3. The molecule has 5 atom stereocenters. The van der Waals surface area contributed by atoms with Gasteiger partial charge in [0.05, 0.1) is 12.0 Å². The molecule has 6 nitrogen and oxygen atoms in total. The molecular formula is C14H16O6. The fourth-order valence-corrected chi connectivity index (χ4v) is 3.10. The molecule has 3 saturated heterocycles. The fraction of sp³-hybridized carbons (Fsp3) is 0.643. The Labute approximate surface area is 116 Å². The molecule has 2 bridgehead atoms. The number of hydrogen-bond donors (Lipinski definition) is 0. The number of carbonyl (C=O) groups excluding carboxylic acids is 3. The molecule has 0 aliphatic carbocycles. The van der Waals surface area contributed by atoms with Crippen LogP contribution in [0.15, 0.2) is 12.7 Å². The predicted octanol–water partition coefficient (Wildman–Crippen LogP) is 0.536. The lowest BCUT2D eigenvalue weighted by molar-refractivity contribution is -0.160. The zero-order valence-electron chi connectivity index (χ0n) is 10.9. The molecule has 0 aromatic rings. The molecule has 108 valence electrons. The maximum absolute atomic E-state index is 11.7.